The highest BCUT2D eigenvalue weighted by Gasteiger charge is 2.39. The summed E-state index contributed by atoms with van der Waals surface area (Å²) >= 11 is 0. The van der Waals surface area contributed by atoms with Gasteiger partial charge in [0.05, 0.1) is 31.0 Å². The fraction of sp³-hybridized carbons (Fsp3) is 0.571. The molecule has 0 amide bonds. The largest absolute Gasteiger partial charge is 0.490 e. The molecule has 1 atom stereocenters. The van der Waals surface area contributed by atoms with Crippen molar-refractivity contribution in [1.82, 2.24) is 14.7 Å². The lowest BCUT2D eigenvalue weighted by molar-refractivity contribution is -0.193. The molecule has 2 aromatic rings. The third kappa shape index (κ3) is 9.18. The number of carboxylic acid groups (broad SMARTS) is 2. The van der Waals surface area contributed by atoms with Crippen LogP contribution in [0.15, 0.2) is 29.2 Å². The topological polar surface area (TPSA) is 118 Å². The van der Waals surface area contributed by atoms with Crippen molar-refractivity contribution < 1.29 is 55.3 Å². The van der Waals surface area contributed by atoms with Crippen molar-refractivity contribution in [3.63, 3.8) is 0 Å². The van der Waals surface area contributed by atoms with Crippen molar-refractivity contribution in [2.24, 2.45) is 5.92 Å². The van der Waals surface area contributed by atoms with Crippen LogP contribution >= 0.6 is 0 Å². The summed E-state index contributed by atoms with van der Waals surface area (Å²) in [7, 11) is 1.78. The minimum atomic E-state index is -5.08. The van der Waals surface area contributed by atoms with Gasteiger partial charge >= 0.3 is 24.3 Å². The van der Waals surface area contributed by atoms with Gasteiger partial charge in [0.2, 0.25) is 0 Å². The molecule has 1 aliphatic carbocycles. The fourth-order valence-electron chi connectivity index (χ4n) is 3.43. The van der Waals surface area contributed by atoms with Gasteiger partial charge in [-0.15, -0.1) is 0 Å². The maximum absolute atomic E-state index is 10.6. The van der Waals surface area contributed by atoms with E-state index in [1.165, 1.54) is 29.7 Å². The number of rotatable bonds is 6. The monoisotopic (exact) mass is 529 g/mol. The average molecular weight is 529 g/mol. The van der Waals surface area contributed by atoms with E-state index in [4.69, 9.17) is 29.0 Å². The van der Waals surface area contributed by atoms with Crippen LogP contribution in [-0.2, 0) is 34.0 Å². The molecule has 1 aliphatic heterocycles. The molecule has 1 saturated carbocycles. The molecule has 1 unspecified atom stereocenters. The molecule has 3 heterocycles. The molecular weight excluding hydrogens is 504 g/mol. The SMILES string of the molecule is COCC1CN(Cc2ccoc2)Cc2c1cnn2CC1CC1.O=C(O)C(F)(F)F.O=C(O)C(F)(F)F. The molecule has 9 nitrogen and oxygen atoms in total. The van der Waals surface area contributed by atoms with Gasteiger partial charge in [0, 0.05) is 50.3 Å². The van der Waals surface area contributed by atoms with Gasteiger partial charge in [-0.1, -0.05) is 0 Å². The fourth-order valence-corrected chi connectivity index (χ4v) is 3.43. The highest BCUT2D eigenvalue weighted by molar-refractivity contribution is 5.73. The molecule has 2 aromatic heterocycles. The lowest BCUT2D eigenvalue weighted by atomic mass is 9.95. The molecule has 2 N–H and O–H groups in total. The highest BCUT2D eigenvalue weighted by Crippen LogP contribution is 2.34. The van der Waals surface area contributed by atoms with Gasteiger partial charge in [-0.05, 0) is 24.8 Å². The van der Waals surface area contributed by atoms with Gasteiger partial charge < -0.3 is 19.4 Å². The van der Waals surface area contributed by atoms with E-state index in [-0.39, 0.29) is 0 Å². The quantitative estimate of drug-likeness (QED) is 0.542. The number of carbonyl (C=O) groups is 2. The van der Waals surface area contributed by atoms with E-state index in [1.807, 2.05) is 12.3 Å². The van der Waals surface area contributed by atoms with E-state index >= 15 is 0 Å². The zero-order chi connectivity index (χ0) is 27.1. The standard InChI is InChI=1S/C17H23N3O2.2C2HF3O2/c1-21-12-15-9-19(7-14-4-5-22-11-14)10-17-16(15)6-18-20(17)8-13-2-3-13;2*3-2(4,5)1(6)7/h4-6,11,13,15H,2-3,7-10,12H2,1H3;2*(H,6,7). The van der Waals surface area contributed by atoms with Gasteiger partial charge in [-0.2, -0.15) is 31.4 Å². The van der Waals surface area contributed by atoms with Gasteiger partial charge in [0.15, 0.2) is 0 Å². The molecule has 2 aliphatic rings. The van der Waals surface area contributed by atoms with Gasteiger partial charge in [0.25, 0.3) is 0 Å². The number of methoxy groups -OCH3 is 1. The Morgan fingerprint density at radius 2 is 1.72 bits per heavy atom. The summed E-state index contributed by atoms with van der Waals surface area (Å²) in [6.07, 6.45) is -1.81. The maximum Gasteiger partial charge on any atom is 0.490 e. The van der Waals surface area contributed by atoms with Crippen molar-refractivity contribution >= 4 is 11.9 Å². The first-order chi connectivity index (χ1) is 16.7. The van der Waals surface area contributed by atoms with Crippen LogP contribution in [0, 0.1) is 5.92 Å². The number of hydrogen-bond donors (Lipinski definition) is 2. The molecule has 4 rings (SSSR count). The Morgan fingerprint density at radius 3 is 2.17 bits per heavy atom. The summed E-state index contributed by atoms with van der Waals surface area (Å²) in [5.41, 5.74) is 3.99. The number of furan rings is 1. The Morgan fingerprint density at radius 1 is 1.14 bits per heavy atom. The number of ether oxygens (including phenoxy) is 1. The van der Waals surface area contributed by atoms with Crippen LogP contribution in [-0.4, -0.2) is 69.4 Å². The van der Waals surface area contributed by atoms with Crippen LogP contribution in [0.5, 0.6) is 0 Å². The van der Waals surface area contributed by atoms with E-state index in [2.05, 4.69) is 20.9 Å². The Bertz CT molecular complexity index is 961. The van der Waals surface area contributed by atoms with Crippen molar-refractivity contribution in [3.8, 4) is 0 Å². The second kappa shape index (κ2) is 12.3. The van der Waals surface area contributed by atoms with Crippen molar-refractivity contribution in [2.45, 2.75) is 50.7 Å². The predicted octanol–water partition coefficient (Wildman–Crippen LogP) is 3.90. The van der Waals surface area contributed by atoms with E-state index in [0.717, 1.165) is 38.7 Å². The van der Waals surface area contributed by atoms with Gasteiger partial charge in [-0.3, -0.25) is 9.58 Å². The summed E-state index contributed by atoms with van der Waals surface area (Å²) in [4.78, 5) is 20.3. The van der Waals surface area contributed by atoms with E-state index in [0.29, 0.717) is 5.92 Å². The highest BCUT2D eigenvalue weighted by atomic mass is 19.4. The van der Waals surface area contributed by atoms with Gasteiger partial charge in [0.1, 0.15) is 0 Å². The number of nitrogens with zero attached hydrogens (tertiary/aromatic N) is 3. The lowest BCUT2D eigenvalue weighted by Crippen LogP contribution is -2.35. The minimum absolute atomic E-state index is 0.411. The van der Waals surface area contributed by atoms with Crippen LogP contribution in [0.3, 0.4) is 0 Å². The Balaban J connectivity index is 0.000000271. The van der Waals surface area contributed by atoms with Crippen LogP contribution < -0.4 is 0 Å². The van der Waals surface area contributed by atoms with Crippen molar-refractivity contribution in [2.75, 3.05) is 20.3 Å². The molecule has 0 bridgehead atoms. The molecule has 15 heteroatoms. The van der Waals surface area contributed by atoms with Crippen molar-refractivity contribution in [3.05, 3.63) is 41.6 Å². The summed E-state index contributed by atoms with van der Waals surface area (Å²) in [6.45, 7) is 4.73. The second-order valence-electron chi connectivity index (χ2n) is 8.23. The number of aromatic nitrogens is 2. The summed E-state index contributed by atoms with van der Waals surface area (Å²) < 4.78 is 76.3. The molecule has 0 saturated heterocycles. The number of fused-ring (bicyclic) bond motifs is 1. The summed E-state index contributed by atoms with van der Waals surface area (Å²) in [5.74, 6) is -4.26. The summed E-state index contributed by atoms with van der Waals surface area (Å²) in [5, 5.41) is 18.9. The predicted molar refractivity (Wildman–Crippen MR) is 110 cm³/mol. The van der Waals surface area contributed by atoms with E-state index in [9.17, 15) is 26.3 Å². The molecule has 1 fully saturated rings. The average Bonchev–Trinajstić information content (AvgIpc) is 3.26. The Labute approximate surface area is 201 Å². The molecule has 202 valence electrons. The van der Waals surface area contributed by atoms with Crippen LogP contribution in [0.4, 0.5) is 26.3 Å². The van der Waals surface area contributed by atoms with Crippen LogP contribution in [0.25, 0.3) is 0 Å². The van der Waals surface area contributed by atoms with Crippen LogP contribution in [0.1, 0.15) is 35.6 Å². The Hall–Kier alpha value is -3.07. The zero-order valence-corrected chi connectivity index (χ0v) is 19.1. The first-order valence-corrected chi connectivity index (χ1v) is 10.6. The number of aliphatic carboxylic acids is 2. The normalized spacial score (nSPS) is 17.8. The zero-order valence-electron chi connectivity index (χ0n) is 19.1. The van der Waals surface area contributed by atoms with Crippen LogP contribution in [0.2, 0.25) is 0 Å². The van der Waals surface area contributed by atoms with Crippen molar-refractivity contribution in [1.29, 1.82) is 0 Å². The maximum atomic E-state index is 10.6. The van der Waals surface area contributed by atoms with Gasteiger partial charge in [-0.25, -0.2) is 9.59 Å². The molecular formula is C21H25F6N3O6. The smallest absolute Gasteiger partial charge is 0.475 e. The number of hydrogen-bond acceptors (Lipinski definition) is 6. The molecule has 0 radical (unpaired) electrons. The number of alkyl halides is 6. The van der Waals surface area contributed by atoms with E-state index in [1.54, 1.807) is 13.4 Å². The number of halogens is 6. The third-order valence-corrected chi connectivity index (χ3v) is 5.24. The number of carboxylic acids is 2. The first kappa shape index (κ1) is 29.2. The minimum Gasteiger partial charge on any atom is -0.475 e. The summed E-state index contributed by atoms with van der Waals surface area (Å²) in [6, 6.07) is 2.04. The molecule has 36 heavy (non-hydrogen) atoms. The first-order valence-electron chi connectivity index (χ1n) is 10.6. The molecule has 0 spiro atoms. The second-order valence-corrected chi connectivity index (χ2v) is 8.23. The third-order valence-electron chi connectivity index (χ3n) is 5.24. The Kier molecular flexibility index (Phi) is 9.93. The lowest BCUT2D eigenvalue weighted by Gasteiger charge is -2.32. The van der Waals surface area contributed by atoms with E-state index < -0.39 is 24.3 Å². The molecule has 0 aromatic carbocycles.